The molecule has 2 heterocycles. The second-order valence-corrected chi connectivity index (χ2v) is 6.57. The third kappa shape index (κ3) is 2.66. The van der Waals surface area contributed by atoms with Gasteiger partial charge in [-0.3, -0.25) is 4.98 Å². The smallest absolute Gasteiger partial charge is 0.399 e. The molecular formula is C17H19BFNO2. The molecule has 0 saturated carbocycles. The highest BCUT2D eigenvalue weighted by Gasteiger charge is 2.51. The van der Waals surface area contributed by atoms with E-state index >= 15 is 0 Å². The molecule has 0 N–H and O–H groups in total. The Bertz CT molecular complexity index is 687. The SMILES string of the molecule is CC1(C)OB(c2cccc(-c3cc(F)ccn3)c2)OC1(C)C. The fraction of sp³-hybridized carbons (Fsp3) is 0.353. The molecule has 1 aliphatic heterocycles. The van der Waals surface area contributed by atoms with Crippen molar-refractivity contribution in [2.24, 2.45) is 0 Å². The first kappa shape index (κ1) is 15.2. The van der Waals surface area contributed by atoms with E-state index < -0.39 is 7.12 Å². The Morgan fingerprint density at radius 2 is 1.68 bits per heavy atom. The minimum atomic E-state index is -0.432. The average molecular weight is 299 g/mol. The molecule has 0 amide bonds. The molecular weight excluding hydrogens is 280 g/mol. The van der Waals surface area contributed by atoms with Crippen molar-refractivity contribution in [1.29, 1.82) is 0 Å². The topological polar surface area (TPSA) is 31.4 Å². The number of pyridine rings is 1. The second kappa shape index (κ2) is 5.18. The Hall–Kier alpha value is -1.72. The van der Waals surface area contributed by atoms with Gasteiger partial charge in [-0.05, 0) is 44.8 Å². The third-order valence-corrected chi connectivity index (χ3v) is 4.43. The fourth-order valence-electron chi connectivity index (χ4n) is 2.39. The molecule has 1 aromatic heterocycles. The van der Waals surface area contributed by atoms with Gasteiger partial charge in [-0.2, -0.15) is 0 Å². The van der Waals surface area contributed by atoms with Gasteiger partial charge in [-0.15, -0.1) is 0 Å². The molecule has 22 heavy (non-hydrogen) atoms. The Kier molecular flexibility index (Phi) is 3.58. The Balaban J connectivity index is 1.93. The third-order valence-electron chi connectivity index (χ3n) is 4.43. The highest BCUT2D eigenvalue weighted by Crippen LogP contribution is 2.36. The minimum absolute atomic E-state index is 0.300. The fourth-order valence-corrected chi connectivity index (χ4v) is 2.39. The van der Waals surface area contributed by atoms with Gasteiger partial charge in [0, 0.05) is 12.3 Å². The monoisotopic (exact) mass is 299 g/mol. The molecule has 0 bridgehead atoms. The van der Waals surface area contributed by atoms with Crippen molar-refractivity contribution >= 4 is 12.6 Å². The molecule has 1 aliphatic rings. The van der Waals surface area contributed by atoms with Crippen molar-refractivity contribution in [1.82, 2.24) is 4.98 Å². The number of aromatic nitrogens is 1. The molecule has 3 rings (SSSR count). The quantitative estimate of drug-likeness (QED) is 0.798. The number of nitrogens with zero attached hydrogens (tertiary/aromatic N) is 1. The maximum atomic E-state index is 13.4. The Labute approximate surface area is 130 Å². The molecule has 1 saturated heterocycles. The van der Waals surface area contributed by atoms with Crippen LogP contribution in [0.3, 0.4) is 0 Å². The molecule has 1 aromatic carbocycles. The molecule has 2 aromatic rings. The molecule has 1 fully saturated rings. The zero-order valence-electron chi connectivity index (χ0n) is 13.3. The van der Waals surface area contributed by atoms with Crippen LogP contribution in [0.25, 0.3) is 11.3 Å². The summed E-state index contributed by atoms with van der Waals surface area (Å²) in [5, 5.41) is 0. The van der Waals surface area contributed by atoms with Crippen LogP contribution in [0.2, 0.25) is 0 Å². The van der Waals surface area contributed by atoms with E-state index in [4.69, 9.17) is 9.31 Å². The zero-order chi connectivity index (χ0) is 16.0. The standard InChI is InChI=1S/C17H19BFNO2/c1-16(2)17(3,4)22-18(21-16)13-7-5-6-12(10-13)15-11-14(19)8-9-20-15/h5-11H,1-4H3. The Morgan fingerprint density at radius 1 is 1.00 bits per heavy atom. The van der Waals surface area contributed by atoms with Gasteiger partial charge in [0.05, 0.1) is 16.9 Å². The highest BCUT2D eigenvalue weighted by atomic mass is 19.1. The van der Waals surface area contributed by atoms with Crippen LogP contribution < -0.4 is 5.46 Å². The van der Waals surface area contributed by atoms with Crippen molar-refractivity contribution in [3.05, 3.63) is 48.4 Å². The predicted octanol–water partition coefficient (Wildman–Crippen LogP) is 3.19. The van der Waals surface area contributed by atoms with Gasteiger partial charge in [0.2, 0.25) is 0 Å². The number of hydrogen-bond acceptors (Lipinski definition) is 3. The van der Waals surface area contributed by atoms with E-state index in [-0.39, 0.29) is 17.0 Å². The van der Waals surface area contributed by atoms with Gasteiger partial charge in [0.1, 0.15) is 5.82 Å². The van der Waals surface area contributed by atoms with E-state index in [2.05, 4.69) is 4.98 Å². The van der Waals surface area contributed by atoms with Crippen LogP contribution in [-0.2, 0) is 9.31 Å². The van der Waals surface area contributed by atoms with Crippen LogP contribution in [0.1, 0.15) is 27.7 Å². The summed E-state index contributed by atoms with van der Waals surface area (Å²) in [5.41, 5.74) is 1.57. The lowest BCUT2D eigenvalue weighted by Gasteiger charge is -2.32. The largest absolute Gasteiger partial charge is 0.494 e. The van der Waals surface area contributed by atoms with Gasteiger partial charge in [0.25, 0.3) is 0 Å². The van der Waals surface area contributed by atoms with Gasteiger partial charge in [0.15, 0.2) is 0 Å². The van der Waals surface area contributed by atoms with Crippen LogP contribution in [0.15, 0.2) is 42.6 Å². The van der Waals surface area contributed by atoms with Crippen molar-refractivity contribution in [2.75, 3.05) is 0 Å². The number of halogens is 1. The van der Waals surface area contributed by atoms with Crippen molar-refractivity contribution in [3.8, 4) is 11.3 Å². The molecule has 0 atom stereocenters. The molecule has 114 valence electrons. The van der Waals surface area contributed by atoms with Crippen molar-refractivity contribution in [2.45, 2.75) is 38.9 Å². The first-order valence-corrected chi connectivity index (χ1v) is 7.36. The normalized spacial score (nSPS) is 19.4. The summed E-state index contributed by atoms with van der Waals surface area (Å²) >= 11 is 0. The lowest BCUT2D eigenvalue weighted by atomic mass is 9.78. The Morgan fingerprint density at radius 3 is 2.32 bits per heavy atom. The van der Waals surface area contributed by atoms with Crippen LogP contribution in [-0.4, -0.2) is 23.3 Å². The molecule has 3 nitrogen and oxygen atoms in total. The van der Waals surface area contributed by atoms with E-state index in [1.165, 1.54) is 18.3 Å². The van der Waals surface area contributed by atoms with Crippen molar-refractivity contribution in [3.63, 3.8) is 0 Å². The molecule has 0 unspecified atom stereocenters. The summed E-state index contributed by atoms with van der Waals surface area (Å²) in [7, 11) is -0.432. The second-order valence-electron chi connectivity index (χ2n) is 6.57. The summed E-state index contributed by atoms with van der Waals surface area (Å²) in [6.45, 7) is 8.08. The minimum Gasteiger partial charge on any atom is -0.399 e. The van der Waals surface area contributed by atoms with Crippen molar-refractivity contribution < 1.29 is 13.7 Å². The van der Waals surface area contributed by atoms with E-state index in [0.717, 1.165) is 11.0 Å². The average Bonchev–Trinajstić information content (AvgIpc) is 2.68. The van der Waals surface area contributed by atoms with Gasteiger partial charge in [-0.1, -0.05) is 24.3 Å². The lowest BCUT2D eigenvalue weighted by molar-refractivity contribution is 0.00578. The molecule has 0 aliphatic carbocycles. The summed E-state index contributed by atoms with van der Waals surface area (Å²) in [4.78, 5) is 4.21. The van der Waals surface area contributed by atoms with Crippen LogP contribution in [0.4, 0.5) is 4.39 Å². The first-order valence-electron chi connectivity index (χ1n) is 7.36. The lowest BCUT2D eigenvalue weighted by Crippen LogP contribution is -2.41. The van der Waals surface area contributed by atoms with Gasteiger partial charge in [-0.25, -0.2) is 4.39 Å². The van der Waals surface area contributed by atoms with Crippen LogP contribution >= 0.6 is 0 Å². The van der Waals surface area contributed by atoms with Gasteiger partial charge >= 0.3 is 7.12 Å². The summed E-state index contributed by atoms with van der Waals surface area (Å²) in [6, 6.07) is 10.4. The molecule has 5 heteroatoms. The van der Waals surface area contributed by atoms with Crippen LogP contribution in [0.5, 0.6) is 0 Å². The van der Waals surface area contributed by atoms with Gasteiger partial charge < -0.3 is 9.31 Å². The van der Waals surface area contributed by atoms with Crippen LogP contribution in [0, 0.1) is 5.82 Å². The van der Waals surface area contributed by atoms with E-state index in [1.807, 2.05) is 52.0 Å². The summed E-state index contributed by atoms with van der Waals surface area (Å²) < 4.78 is 25.5. The number of benzene rings is 1. The maximum Gasteiger partial charge on any atom is 0.494 e. The van der Waals surface area contributed by atoms with E-state index in [9.17, 15) is 4.39 Å². The molecule has 0 spiro atoms. The zero-order valence-corrected chi connectivity index (χ0v) is 13.3. The number of rotatable bonds is 2. The summed E-state index contributed by atoms with van der Waals surface area (Å²) in [5.74, 6) is -0.300. The predicted molar refractivity (Wildman–Crippen MR) is 85.3 cm³/mol. The maximum absolute atomic E-state index is 13.4. The first-order chi connectivity index (χ1) is 10.3. The number of hydrogen-bond donors (Lipinski definition) is 0. The van der Waals surface area contributed by atoms with E-state index in [1.54, 1.807) is 0 Å². The molecule has 0 radical (unpaired) electrons. The summed E-state index contributed by atoms with van der Waals surface area (Å²) in [6.07, 6.45) is 1.46. The highest BCUT2D eigenvalue weighted by molar-refractivity contribution is 6.62. The van der Waals surface area contributed by atoms with E-state index in [0.29, 0.717) is 5.69 Å².